The van der Waals surface area contributed by atoms with Crippen molar-refractivity contribution in [3.63, 3.8) is 0 Å². The van der Waals surface area contributed by atoms with Crippen LogP contribution in [-0.4, -0.2) is 0 Å². The minimum Gasteiger partial charge on any atom is -0.0651 e. The normalized spacial score (nSPS) is 23.0. The molecule has 0 saturated carbocycles. The zero-order valence-electron chi connectivity index (χ0n) is 20.6. The zero-order chi connectivity index (χ0) is 20.6. The maximum absolute atomic E-state index is 2.53. The Morgan fingerprint density at radius 3 is 1.23 bits per heavy atom. The Kier molecular flexibility index (Phi) is 12.5. The predicted molar refractivity (Wildman–Crippen MR) is 121 cm³/mol. The fourth-order valence-electron chi connectivity index (χ4n) is 4.93. The van der Waals surface area contributed by atoms with Crippen LogP contribution in [0.2, 0.25) is 0 Å². The second-order valence-electron chi connectivity index (χ2n) is 10.6. The number of hydrogen-bond donors (Lipinski definition) is 0. The molecule has 0 aromatic heterocycles. The summed E-state index contributed by atoms with van der Waals surface area (Å²) in [5.74, 6) is 8.37. The molecule has 0 spiro atoms. The van der Waals surface area contributed by atoms with Crippen molar-refractivity contribution in [3.05, 3.63) is 0 Å². The summed E-state index contributed by atoms with van der Waals surface area (Å²) >= 11 is 0. The molecule has 0 aliphatic heterocycles. The van der Waals surface area contributed by atoms with Crippen LogP contribution in [0.25, 0.3) is 0 Å². The van der Waals surface area contributed by atoms with Gasteiger partial charge in [-0.1, -0.05) is 95.9 Å². The molecular weight excluding hydrogens is 312 g/mol. The van der Waals surface area contributed by atoms with E-state index in [4.69, 9.17) is 0 Å². The van der Waals surface area contributed by atoms with Crippen molar-refractivity contribution < 1.29 is 0 Å². The maximum Gasteiger partial charge on any atom is -0.0386 e. The van der Waals surface area contributed by atoms with Crippen molar-refractivity contribution >= 4 is 0 Å². The van der Waals surface area contributed by atoms with E-state index in [0.29, 0.717) is 0 Å². The molecule has 0 aromatic rings. The molecule has 0 nitrogen and oxygen atoms in total. The lowest BCUT2D eigenvalue weighted by atomic mass is 9.69. The van der Waals surface area contributed by atoms with Gasteiger partial charge in [-0.15, -0.1) is 0 Å². The quantitative estimate of drug-likeness (QED) is 0.305. The van der Waals surface area contributed by atoms with Crippen LogP contribution in [0.3, 0.4) is 0 Å². The molecule has 0 saturated heterocycles. The smallest absolute Gasteiger partial charge is 0.0386 e. The van der Waals surface area contributed by atoms with Crippen molar-refractivity contribution in [1.82, 2.24) is 0 Å². The molecule has 0 aliphatic rings. The van der Waals surface area contributed by atoms with Crippen LogP contribution in [0.5, 0.6) is 0 Å². The van der Waals surface area contributed by atoms with Gasteiger partial charge in [-0.3, -0.25) is 0 Å². The van der Waals surface area contributed by atoms with E-state index < -0.39 is 0 Å². The van der Waals surface area contributed by atoms with E-state index in [9.17, 15) is 0 Å². The van der Waals surface area contributed by atoms with Gasteiger partial charge >= 0.3 is 0 Å². The minimum absolute atomic E-state index is 0.793. The van der Waals surface area contributed by atoms with Crippen molar-refractivity contribution in [2.45, 2.75) is 109 Å². The molecule has 0 heteroatoms. The minimum atomic E-state index is 0.793. The monoisotopic (exact) mass is 366 g/mol. The highest BCUT2D eigenvalue weighted by Crippen LogP contribution is 2.38. The third-order valence-corrected chi connectivity index (χ3v) is 8.86. The van der Waals surface area contributed by atoms with Gasteiger partial charge in [0.15, 0.2) is 0 Å². The van der Waals surface area contributed by atoms with E-state index in [0.717, 1.165) is 59.2 Å². The van der Waals surface area contributed by atoms with Crippen LogP contribution in [0.15, 0.2) is 0 Å². The van der Waals surface area contributed by atoms with Crippen LogP contribution in [0, 0.1) is 59.2 Å². The topological polar surface area (TPSA) is 0 Å². The van der Waals surface area contributed by atoms with E-state index in [1.165, 1.54) is 25.7 Å². The van der Waals surface area contributed by atoms with Crippen LogP contribution >= 0.6 is 0 Å². The van der Waals surface area contributed by atoms with E-state index >= 15 is 0 Å². The first-order chi connectivity index (χ1) is 12.0. The van der Waals surface area contributed by atoms with Gasteiger partial charge in [0.1, 0.15) is 0 Å². The predicted octanol–water partition coefficient (Wildman–Crippen LogP) is 8.95. The van der Waals surface area contributed by atoms with Crippen LogP contribution in [0.4, 0.5) is 0 Å². The first kappa shape index (κ1) is 26.0. The van der Waals surface area contributed by atoms with Crippen LogP contribution in [-0.2, 0) is 0 Å². The third kappa shape index (κ3) is 7.93. The zero-order valence-corrected chi connectivity index (χ0v) is 20.6. The van der Waals surface area contributed by atoms with E-state index in [1.807, 2.05) is 0 Å². The highest BCUT2D eigenvalue weighted by Gasteiger charge is 2.30. The molecule has 0 radical (unpaired) electrons. The van der Waals surface area contributed by atoms with Crippen LogP contribution < -0.4 is 0 Å². The fourth-order valence-corrected chi connectivity index (χ4v) is 4.93. The molecule has 0 amide bonds. The van der Waals surface area contributed by atoms with Crippen molar-refractivity contribution in [3.8, 4) is 0 Å². The summed E-state index contributed by atoms with van der Waals surface area (Å²) in [7, 11) is 0. The van der Waals surface area contributed by atoms with Crippen molar-refractivity contribution in [1.29, 1.82) is 0 Å². The molecule has 9 atom stereocenters. The molecule has 0 bridgehead atoms. The second kappa shape index (κ2) is 12.5. The number of rotatable bonds is 13. The Balaban J connectivity index is 4.75. The first-order valence-electron chi connectivity index (χ1n) is 12.0. The van der Waals surface area contributed by atoms with Gasteiger partial charge in [-0.25, -0.2) is 0 Å². The van der Waals surface area contributed by atoms with Gasteiger partial charge in [0, 0.05) is 0 Å². The van der Waals surface area contributed by atoms with Gasteiger partial charge < -0.3 is 0 Å². The summed E-state index contributed by atoms with van der Waals surface area (Å²) in [6, 6.07) is 0. The lowest BCUT2D eigenvalue weighted by Crippen LogP contribution is -2.29. The second-order valence-corrected chi connectivity index (χ2v) is 10.6. The Morgan fingerprint density at radius 1 is 0.423 bits per heavy atom. The summed E-state index contributed by atoms with van der Waals surface area (Å²) in [5, 5.41) is 0. The van der Waals surface area contributed by atoms with Gasteiger partial charge in [-0.05, 0) is 72.0 Å². The van der Waals surface area contributed by atoms with Gasteiger partial charge in [0.25, 0.3) is 0 Å². The Hall–Kier alpha value is 0. The van der Waals surface area contributed by atoms with Gasteiger partial charge in [0.2, 0.25) is 0 Å². The highest BCUT2D eigenvalue weighted by molar-refractivity contribution is 4.79. The molecule has 158 valence electrons. The average Bonchev–Trinajstić information content (AvgIpc) is 2.62. The Labute approximate surface area is 168 Å². The SMILES string of the molecule is CCC(CC(C)C(C)C(C)CC)CC(C)C(C)C(C)C(C)C(C)C(C)C. The summed E-state index contributed by atoms with van der Waals surface area (Å²) in [6.45, 7) is 29.5. The molecule has 9 unspecified atom stereocenters. The summed E-state index contributed by atoms with van der Waals surface area (Å²) in [4.78, 5) is 0. The molecule has 0 aromatic carbocycles. The standard InChI is InChI=1S/C26H54/c1-13-18(5)22(9)19(6)15-26(14-2)16-20(7)23(10)25(12)24(11)21(8)17(3)4/h17-26H,13-16H2,1-12H3. The van der Waals surface area contributed by atoms with Crippen molar-refractivity contribution in [2.75, 3.05) is 0 Å². The number of hydrogen-bond acceptors (Lipinski definition) is 0. The molecule has 0 rings (SSSR count). The van der Waals surface area contributed by atoms with E-state index in [2.05, 4.69) is 83.1 Å². The third-order valence-electron chi connectivity index (χ3n) is 8.86. The summed E-state index contributed by atoms with van der Waals surface area (Å²) in [5.41, 5.74) is 0. The Bertz CT molecular complexity index is 344. The molecule has 26 heavy (non-hydrogen) atoms. The fraction of sp³-hybridized carbons (Fsp3) is 1.00. The lowest BCUT2D eigenvalue weighted by molar-refractivity contribution is 0.125. The van der Waals surface area contributed by atoms with Gasteiger partial charge in [-0.2, -0.15) is 0 Å². The van der Waals surface area contributed by atoms with Gasteiger partial charge in [0.05, 0.1) is 0 Å². The molecule has 0 heterocycles. The molecule has 0 N–H and O–H groups in total. The van der Waals surface area contributed by atoms with Crippen LogP contribution in [0.1, 0.15) is 109 Å². The maximum atomic E-state index is 2.53. The summed E-state index contributed by atoms with van der Waals surface area (Å²) in [6.07, 6.45) is 5.51. The Morgan fingerprint density at radius 2 is 0.846 bits per heavy atom. The van der Waals surface area contributed by atoms with Crippen molar-refractivity contribution in [2.24, 2.45) is 59.2 Å². The average molecular weight is 367 g/mol. The highest BCUT2D eigenvalue weighted by atomic mass is 14.4. The molecule has 0 aliphatic carbocycles. The summed E-state index contributed by atoms with van der Waals surface area (Å²) < 4.78 is 0. The molecule has 0 fully saturated rings. The largest absolute Gasteiger partial charge is 0.0651 e. The molecular formula is C26H54. The lowest BCUT2D eigenvalue weighted by Gasteiger charge is -2.37. The first-order valence-corrected chi connectivity index (χ1v) is 12.0. The van der Waals surface area contributed by atoms with E-state index in [1.54, 1.807) is 0 Å². The van der Waals surface area contributed by atoms with E-state index in [-0.39, 0.29) is 0 Å².